The van der Waals surface area contributed by atoms with E-state index < -0.39 is 59.3 Å². The maximum absolute atomic E-state index is 14.3. The van der Waals surface area contributed by atoms with Crippen molar-refractivity contribution in [3.05, 3.63) is 35.9 Å². The van der Waals surface area contributed by atoms with Gasteiger partial charge >= 0.3 is 18.2 Å². The van der Waals surface area contributed by atoms with Gasteiger partial charge in [-0.05, 0) is 88.5 Å². The number of aromatic hydroxyl groups is 2. The van der Waals surface area contributed by atoms with Crippen molar-refractivity contribution in [3.8, 4) is 11.5 Å². The molecule has 2 aliphatic heterocycles. The first-order valence-electron chi connectivity index (χ1n) is 17.9. The minimum Gasteiger partial charge on any atom is -0.504 e. The Morgan fingerprint density at radius 2 is 1.71 bits per heavy atom. The van der Waals surface area contributed by atoms with Crippen LogP contribution in [-0.2, 0) is 41.7 Å². The molecule has 3 aliphatic rings. The number of likely N-dealkylation sites (tertiary alicyclic amines) is 1. The maximum Gasteiger partial charge on any atom is 0.410 e. The smallest absolute Gasteiger partial charge is 0.410 e. The first kappa shape index (κ1) is 39.3. The van der Waals surface area contributed by atoms with E-state index in [2.05, 4.69) is 17.2 Å². The van der Waals surface area contributed by atoms with Gasteiger partial charge in [0.25, 0.3) is 0 Å². The number of ether oxygens (including phenoxy) is 3. The van der Waals surface area contributed by atoms with Gasteiger partial charge in [-0.15, -0.1) is 6.58 Å². The molecular formula is C37H54N4O10. The third-order valence-electron chi connectivity index (χ3n) is 9.59. The molecular weight excluding hydrogens is 660 g/mol. The number of hydrogen-bond acceptors (Lipinski definition) is 10. The molecule has 0 aromatic heterocycles. The third kappa shape index (κ3) is 9.65. The molecule has 4 rings (SSSR count). The lowest BCUT2D eigenvalue weighted by Gasteiger charge is -2.30. The number of allylic oxidation sites excluding steroid dienone is 1. The molecule has 4 amide bonds. The number of carbonyl (C=O) groups is 5. The highest BCUT2D eigenvalue weighted by atomic mass is 16.6. The SMILES string of the molecule is C=CCCCCCC(NC(=O)OC(C)(C)C)C(=O)N1CC(OC(=O)N2Cc3cc(O)c(O)cc3C2)CC1C(=O)NC1(C(=O)OCC)CC1C(C)C. The number of benzene rings is 1. The topological polar surface area (TPSA) is 184 Å². The van der Waals surface area contributed by atoms with E-state index in [1.807, 2.05) is 19.9 Å². The summed E-state index contributed by atoms with van der Waals surface area (Å²) in [4.78, 5) is 70.6. The van der Waals surface area contributed by atoms with E-state index >= 15 is 0 Å². The molecule has 51 heavy (non-hydrogen) atoms. The first-order valence-corrected chi connectivity index (χ1v) is 17.9. The van der Waals surface area contributed by atoms with Gasteiger partial charge in [-0.25, -0.2) is 14.4 Å². The van der Waals surface area contributed by atoms with Crippen LogP contribution in [0.2, 0.25) is 0 Å². The van der Waals surface area contributed by atoms with E-state index in [-0.39, 0.29) is 62.4 Å². The number of phenols is 2. The molecule has 1 aliphatic carbocycles. The number of fused-ring (bicyclic) bond motifs is 1. The molecule has 2 heterocycles. The van der Waals surface area contributed by atoms with Gasteiger partial charge in [0.1, 0.15) is 29.3 Å². The first-order chi connectivity index (χ1) is 24.0. The summed E-state index contributed by atoms with van der Waals surface area (Å²) in [6.45, 7) is 14.8. The predicted molar refractivity (Wildman–Crippen MR) is 186 cm³/mol. The lowest BCUT2D eigenvalue weighted by atomic mass is 10.0. The fraction of sp³-hybridized carbons (Fsp3) is 0.649. The molecule has 0 spiro atoms. The number of nitrogens with zero attached hydrogens (tertiary/aromatic N) is 2. The number of unbranched alkanes of at least 4 members (excludes halogenated alkanes) is 3. The van der Waals surface area contributed by atoms with Crippen molar-refractivity contribution >= 4 is 30.0 Å². The van der Waals surface area contributed by atoms with Crippen LogP contribution in [0.1, 0.15) is 97.6 Å². The second-order valence-corrected chi connectivity index (χ2v) is 15.1. The Morgan fingerprint density at radius 1 is 1.06 bits per heavy atom. The molecule has 282 valence electrons. The van der Waals surface area contributed by atoms with E-state index in [9.17, 15) is 34.2 Å². The third-order valence-corrected chi connectivity index (χ3v) is 9.59. The summed E-state index contributed by atoms with van der Waals surface area (Å²) in [5, 5.41) is 25.4. The van der Waals surface area contributed by atoms with Crippen LogP contribution in [0.15, 0.2) is 24.8 Å². The lowest BCUT2D eigenvalue weighted by Crippen LogP contribution is -2.57. The summed E-state index contributed by atoms with van der Waals surface area (Å²) >= 11 is 0. The highest BCUT2D eigenvalue weighted by Gasteiger charge is 2.64. The summed E-state index contributed by atoms with van der Waals surface area (Å²) in [5.41, 5.74) is -0.745. The van der Waals surface area contributed by atoms with E-state index in [1.165, 1.54) is 21.9 Å². The van der Waals surface area contributed by atoms with Gasteiger partial charge in [-0.3, -0.25) is 14.5 Å². The van der Waals surface area contributed by atoms with E-state index in [4.69, 9.17) is 14.2 Å². The summed E-state index contributed by atoms with van der Waals surface area (Å²) in [6, 6.07) is 0.629. The molecule has 14 nitrogen and oxygen atoms in total. The Balaban J connectivity index is 1.57. The molecule has 4 N–H and O–H groups in total. The summed E-state index contributed by atoms with van der Waals surface area (Å²) < 4.78 is 16.7. The van der Waals surface area contributed by atoms with Crippen LogP contribution in [0.3, 0.4) is 0 Å². The Hall–Kier alpha value is -4.49. The molecule has 2 fully saturated rings. The number of carbonyl (C=O) groups excluding carboxylic acids is 5. The lowest BCUT2D eigenvalue weighted by molar-refractivity contribution is -0.150. The molecule has 14 heteroatoms. The quantitative estimate of drug-likeness (QED) is 0.0696. The minimum absolute atomic E-state index is 0.0462. The Kier molecular flexibility index (Phi) is 12.5. The second-order valence-electron chi connectivity index (χ2n) is 15.1. The number of esters is 1. The van der Waals surface area contributed by atoms with Gasteiger partial charge in [-0.1, -0.05) is 32.8 Å². The average Bonchev–Trinajstić information content (AvgIpc) is 3.40. The zero-order chi connectivity index (χ0) is 37.7. The zero-order valence-corrected chi connectivity index (χ0v) is 30.7. The van der Waals surface area contributed by atoms with Gasteiger partial charge in [0.2, 0.25) is 11.8 Å². The van der Waals surface area contributed by atoms with E-state index in [1.54, 1.807) is 27.7 Å². The maximum atomic E-state index is 14.3. The summed E-state index contributed by atoms with van der Waals surface area (Å²) in [5.74, 6) is -2.34. The Bertz CT molecular complexity index is 1460. The van der Waals surface area contributed by atoms with Gasteiger partial charge in [0.15, 0.2) is 11.5 Å². The standard InChI is InChI=1S/C37H54N4O10/c1-8-10-11-12-13-14-27(38-34(47)51-36(5,6)7)32(45)41-21-25(50-35(48)40-19-23-15-29(42)30(43)16-24(23)20-40)17-28(41)31(44)39-37(33(46)49-9-2)18-26(37)22(3)4/h8,15-16,22,25-28,42-43H,1,9-14,17-21H2,2-7H3,(H,38,47)(H,39,44). The van der Waals surface area contributed by atoms with Crippen molar-refractivity contribution in [2.75, 3.05) is 13.2 Å². The monoisotopic (exact) mass is 714 g/mol. The minimum atomic E-state index is -1.23. The van der Waals surface area contributed by atoms with Gasteiger partial charge < -0.3 is 40.0 Å². The van der Waals surface area contributed by atoms with Crippen LogP contribution < -0.4 is 10.6 Å². The molecule has 1 aromatic rings. The predicted octanol–water partition coefficient (Wildman–Crippen LogP) is 4.64. The Labute approximate surface area is 299 Å². The second kappa shape index (κ2) is 16.2. The van der Waals surface area contributed by atoms with Crippen molar-refractivity contribution in [1.29, 1.82) is 0 Å². The fourth-order valence-electron chi connectivity index (χ4n) is 6.95. The number of phenolic OH excluding ortho intramolecular Hbond substituents is 2. The molecule has 1 aromatic carbocycles. The van der Waals surface area contributed by atoms with Gasteiger partial charge in [0, 0.05) is 19.5 Å². The fourth-order valence-corrected chi connectivity index (χ4v) is 6.95. The summed E-state index contributed by atoms with van der Waals surface area (Å²) in [6.07, 6.45) is 3.12. The molecule has 1 saturated carbocycles. The highest BCUT2D eigenvalue weighted by molar-refractivity contribution is 5.96. The van der Waals surface area contributed by atoms with Crippen LogP contribution in [0, 0.1) is 11.8 Å². The van der Waals surface area contributed by atoms with Crippen molar-refractivity contribution in [2.45, 2.75) is 129 Å². The number of hydrogen-bond donors (Lipinski definition) is 4. The average molecular weight is 715 g/mol. The summed E-state index contributed by atoms with van der Waals surface area (Å²) in [7, 11) is 0. The molecule has 1 saturated heterocycles. The molecule has 5 atom stereocenters. The van der Waals surface area contributed by atoms with Crippen LogP contribution >= 0.6 is 0 Å². The van der Waals surface area contributed by atoms with Crippen LogP contribution in [0.5, 0.6) is 11.5 Å². The van der Waals surface area contributed by atoms with Crippen molar-refractivity contribution in [3.63, 3.8) is 0 Å². The van der Waals surface area contributed by atoms with Gasteiger partial charge in [0.05, 0.1) is 13.2 Å². The number of alkyl carbamates (subject to hydrolysis) is 1. The highest BCUT2D eigenvalue weighted by Crippen LogP contribution is 2.49. The van der Waals surface area contributed by atoms with Crippen molar-refractivity contribution in [1.82, 2.24) is 20.4 Å². The molecule has 0 radical (unpaired) electrons. The molecule has 5 unspecified atom stereocenters. The van der Waals surface area contributed by atoms with Crippen LogP contribution in [0.25, 0.3) is 0 Å². The van der Waals surface area contributed by atoms with Gasteiger partial charge in [-0.2, -0.15) is 0 Å². The Morgan fingerprint density at radius 3 is 2.25 bits per heavy atom. The van der Waals surface area contributed by atoms with E-state index in [0.29, 0.717) is 24.0 Å². The zero-order valence-electron chi connectivity index (χ0n) is 30.7. The number of nitrogens with one attached hydrogen (secondary N) is 2. The van der Waals surface area contributed by atoms with Crippen molar-refractivity contribution in [2.24, 2.45) is 11.8 Å². The molecule has 0 bridgehead atoms. The van der Waals surface area contributed by atoms with Crippen LogP contribution in [0.4, 0.5) is 9.59 Å². The van der Waals surface area contributed by atoms with Crippen molar-refractivity contribution < 1.29 is 48.4 Å². The van der Waals surface area contributed by atoms with E-state index in [0.717, 1.165) is 19.3 Å². The number of amides is 4. The largest absolute Gasteiger partial charge is 0.504 e. The number of rotatable bonds is 14. The van der Waals surface area contributed by atoms with Crippen LogP contribution in [-0.4, -0.2) is 92.5 Å². The normalized spacial score (nSPS) is 22.9.